The lowest BCUT2D eigenvalue weighted by Gasteiger charge is -2.23. The SMILES string of the molecule is Cc1cccc(CN2C[C@@H]3CN(c4cccnc4)C[C@@H]3C2=O)c1. The van der Waals surface area contributed by atoms with E-state index < -0.39 is 0 Å². The minimum Gasteiger partial charge on any atom is -0.369 e. The van der Waals surface area contributed by atoms with Crippen LogP contribution in [0.3, 0.4) is 0 Å². The minimum atomic E-state index is 0.139. The quantitative estimate of drug-likeness (QED) is 0.874. The number of fused-ring (bicyclic) bond motifs is 1. The lowest BCUT2D eigenvalue weighted by molar-refractivity contribution is -0.131. The van der Waals surface area contributed by atoms with Crippen LogP contribution in [0.4, 0.5) is 5.69 Å². The van der Waals surface area contributed by atoms with Crippen LogP contribution in [0.2, 0.25) is 0 Å². The Labute approximate surface area is 136 Å². The number of amides is 1. The van der Waals surface area contributed by atoms with Gasteiger partial charge >= 0.3 is 0 Å². The molecule has 2 aliphatic rings. The molecule has 23 heavy (non-hydrogen) atoms. The number of likely N-dealkylation sites (tertiary alicyclic amines) is 1. The van der Waals surface area contributed by atoms with Gasteiger partial charge in [-0.2, -0.15) is 0 Å². The van der Waals surface area contributed by atoms with Crippen LogP contribution >= 0.6 is 0 Å². The van der Waals surface area contributed by atoms with Gasteiger partial charge in [-0.05, 0) is 24.6 Å². The summed E-state index contributed by atoms with van der Waals surface area (Å²) in [6.45, 7) is 5.47. The van der Waals surface area contributed by atoms with Gasteiger partial charge in [-0.15, -0.1) is 0 Å². The zero-order valence-electron chi connectivity index (χ0n) is 13.4. The van der Waals surface area contributed by atoms with E-state index in [-0.39, 0.29) is 5.92 Å². The molecule has 0 aliphatic carbocycles. The van der Waals surface area contributed by atoms with E-state index in [2.05, 4.69) is 47.1 Å². The molecule has 0 bridgehead atoms. The number of carbonyl (C=O) groups is 1. The molecule has 0 saturated carbocycles. The molecule has 2 fully saturated rings. The van der Waals surface area contributed by atoms with Crippen molar-refractivity contribution >= 4 is 11.6 Å². The molecule has 4 rings (SSSR count). The summed E-state index contributed by atoms with van der Waals surface area (Å²) in [6, 6.07) is 12.5. The average molecular weight is 307 g/mol. The molecule has 2 aromatic rings. The van der Waals surface area contributed by atoms with Crippen molar-refractivity contribution in [3.63, 3.8) is 0 Å². The van der Waals surface area contributed by atoms with E-state index in [1.54, 1.807) is 6.20 Å². The Morgan fingerprint density at radius 1 is 1.17 bits per heavy atom. The molecule has 0 spiro atoms. The summed E-state index contributed by atoms with van der Waals surface area (Å²) in [6.07, 6.45) is 3.67. The van der Waals surface area contributed by atoms with E-state index in [9.17, 15) is 4.79 Å². The van der Waals surface area contributed by atoms with Crippen LogP contribution in [0, 0.1) is 18.8 Å². The molecule has 0 unspecified atom stereocenters. The highest BCUT2D eigenvalue weighted by atomic mass is 16.2. The van der Waals surface area contributed by atoms with E-state index in [0.717, 1.165) is 31.9 Å². The average Bonchev–Trinajstić information content (AvgIpc) is 3.09. The first-order chi connectivity index (χ1) is 11.2. The summed E-state index contributed by atoms with van der Waals surface area (Å²) in [7, 11) is 0. The van der Waals surface area contributed by atoms with Gasteiger partial charge in [0.05, 0.1) is 17.8 Å². The van der Waals surface area contributed by atoms with Crippen LogP contribution in [0.1, 0.15) is 11.1 Å². The molecule has 0 radical (unpaired) electrons. The number of benzene rings is 1. The third-order valence-electron chi connectivity index (χ3n) is 4.99. The maximum atomic E-state index is 12.7. The maximum absolute atomic E-state index is 12.7. The lowest BCUT2D eigenvalue weighted by Crippen LogP contribution is -2.32. The van der Waals surface area contributed by atoms with Gasteiger partial charge in [-0.3, -0.25) is 9.78 Å². The molecule has 2 aliphatic heterocycles. The van der Waals surface area contributed by atoms with Gasteiger partial charge in [0.1, 0.15) is 0 Å². The zero-order valence-corrected chi connectivity index (χ0v) is 13.4. The van der Waals surface area contributed by atoms with Crippen molar-refractivity contribution < 1.29 is 4.79 Å². The molecular formula is C19H21N3O. The molecule has 118 valence electrons. The summed E-state index contributed by atoms with van der Waals surface area (Å²) in [5, 5.41) is 0. The number of pyridine rings is 1. The van der Waals surface area contributed by atoms with E-state index in [0.29, 0.717) is 11.8 Å². The molecule has 1 aromatic carbocycles. The van der Waals surface area contributed by atoms with E-state index >= 15 is 0 Å². The summed E-state index contributed by atoms with van der Waals surface area (Å²) in [5.41, 5.74) is 3.60. The number of carbonyl (C=O) groups excluding carboxylic acids is 1. The first-order valence-electron chi connectivity index (χ1n) is 8.20. The Hall–Kier alpha value is -2.36. The standard InChI is InChI=1S/C19H21N3O/c1-14-4-2-5-15(8-14)10-22-12-16-11-21(13-18(16)19(22)23)17-6-3-7-20-9-17/h2-9,16,18H,10-13H2,1H3/t16-,18-/m0/s1. The molecule has 2 saturated heterocycles. The number of hydrogen-bond donors (Lipinski definition) is 0. The number of anilines is 1. The second-order valence-corrected chi connectivity index (χ2v) is 6.69. The van der Waals surface area contributed by atoms with Crippen LogP contribution in [0.25, 0.3) is 0 Å². The highest BCUT2D eigenvalue weighted by Gasteiger charge is 2.46. The summed E-state index contributed by atoms with van der Waals surface area (Å²) in [5.74, 6) is 0.885. The fraction of sp³-hybridized carbons (Fsp3) is 0.368. The number of nitrogens with zero attached hydrogens (tertiary/aromatic N) is 3. The first-order valence-corrected chi connectivity index (χ1v) is 8.20. The molecule has 3 heterocycles. The topological polar surface area (TPSA) is 36.4 Å². The lowest BCUT2D eigenvalue weighted by atomic mass is 10.0. The van der Waals surface area contributed by atoms with Gasteiger partial charge in [0.2, 0.25) is 5.91 Å². The molecule has 1 amide bonds. The highest BCUT2D eigenvalue weighted by Crippen LogP contribution is 2.35. The second kappa shape index (κ2) is 5.69. The largest absolute Gasteiger partial charge is 0.369 e. The molecule has 0 N–H and O–H groups in total. The predicted octanol–water partition coefficient (Wildman–Crippen LogP) is 2.48. The van der Waals surface area contributed by atoms with E-state index in [4.69, 9.17) is 0 Å². The summed E-state index contributed by atoms with van der Waals surface area (Å²) >= 11 is 0. The fourth-order valence-corrected chi connectivity index (χ4v) is 3.87. The number of aryl methyl sites for hydroxylation is 1. The Morgan fingerprint density at radius 2 is 2.09 bits per heavy atom. The zero-order chi connectivity index (χ0) is 15.8. The van der Waals surface area contributed by atoms with Crippen LogP contribution < -0.4 is 4.90 Å². The van der Waals surface area contributed by atoms with Gasteiger partial charge in [0.25, 0.3) is 0 Å². The normalized spacial score (nSPS) is 23.4. The van der Waals surface area contributed by atoms with Crippen molar-refractivity contribution in [2.75, 3.05) is 24.5 Å². The van der Waals surface area contributed by atoms with Crippen LogP contribution in [-0.4, -0.2) is 35.4 Å². The van der Waals surface area contributed by atoms with Crippen molar-refractivity contribution in [1.82, 2.24) is 9.88 Å². The van der Waals surface area contributed by atoms with Gasteiger partial charge < -0.3 is 9.80 Å². The fourth-order valence-electron chi connectivity index (χ4n) is 3.87. The molecule has 1 aromatic heterocycles. The summed E-state index contributed by atoms with van der Waals surface area (Å²) in [4.78, 5) is 21.2. The number of hydrogen-bond acceptors (Lipinski definition) is 3. The molecular weight excluding hydrogens is 286 g/mol. The highest BCUT2D eigenvalue weighted by molar-refractivity contribution is 5.83. The number of aromatic nitrogens is 1. The second-order valence-electron chi connectivity index (χ2n) is 6.69. The van der Waals surface area contributed by atoms with Crippen molar-refractivity contribution in [3.05, 3.63) is 59.9 Å². The third-order valence-corrected chi connectivity index (χ3v) is 4.99. The smallest absolute Gasteiger partial charge is 0.228 e. The Balaban J connectivity index is 1.44. The van der Waals surface area contributed by atoms with Crippen molar-refractivity contribution in [1.29, 1.82) is 0 Å². The van der Waals surface area contributed by atoms with Crippen LogP contribution in [-0.2, 0) is 11.3 Å². The predicted molar refractivity (Wildman–Crippen MR) is 90.0 cm³/mol. The molecule has 2 atom stereocenters. The van der Waals surface area contributed by atoms with Crippen molar-refractivity contribution in [3.8, 4) is 0 Å². The third kappa shape index (κ3) is 2.69. The Bertz CT molecular complexity index is 716. The van der Waals surface area contributed by atoms with E-state index in [1.807, 2.05) is 17.2 Å². The number of rotatable bonds is 3. The van der Waals surface area contributed by atoms with Crippen molar-refractivity contribution in [2.24, 2.45) is 11.8 Å². The van der Waals surface area contributed by atoms with Gasteiger partial charge in [0.15, 0.2) is 0 Å². The Kier molecular flexibility index (Phi) is 3.52. The summed E-state index contributed by atoms with van der Waals surface area (Å²) < 4.78 is 0. The Morgan fingerprint density at radius 3 is 2.83 bits per heavy atom. The maximum Gasteiger partial charge on any atom is 0.228 e. The van der Waals surface area contributed by atoms with Gasteiger partial charge in [-0.1, -0.05) is 29.8 Å². The minimum absolute atomic E-state index is 0.139. The van der Waals surface area contributed by atoms with Gasteiger partial charge in [-0.25, -0.2) is 0 Å². The molecule has 4 heteroatoms. The monoisotopic (exact) mass is 307 g/mol. The molecule has 4 nitrogen and oxygen atoms in total. The van der Waals surface area contributed by atoms with Crippen LogP contribution in [0.5, 0.6) is 0 Å². The van der Waals surface area contributed by atoms with Crippen LogP contribution in [0.15, 0.2) is 48.8 Å². The first kappa shape index (κ1) is 14.2. The van der Waals surface area contributed by atoms with Gasteiger partial charge in [0, 0.05) is 38.3 Å². The van der Waals surface area contributed by atoms with E-state index in [1.165, 1.54) is 11.1 Å². The van der Waals surface area contributed by atoms with Crippen molar-refractivity contribution in [2.45, 2.75) is 13.5 Å².